The SMILES string of the molecule is Cc1cccc(Cn2cc(/C=C3\SC(=Nc4ccccc4)N(Cc4ccccc4)C3=O)c3ccccc32)c1. The van der Waals surface area contributed by atoms with Gasteiger partial charge in [0.15, 0.2) is 5.17 Å². The molecule has 0 atom stereocenters. The summed E-state index contributed by atoms with van der Waals surface area (Å²) in [5, 5.41) is 1.82. The third-order valence-electron chi connectivity index (χ3n) is 6.59. The predicted molar refractivity (Wildman–Crippen MR) is 158 cm³/mol. The van der Waals surface area contributed by atoms with Crippen molar-refractivity contribution in [2.45, 2.75) is 20.0 Å². The van der Waals surface area contributed by atoms with Crippen molar-refractivity contribution in [3.05, 3.63) is 143 Å². The minimum Gasteiger partial charge on any atom is -0.342 e. The highest BCUT2D eigenvalue weighted by atomic mass is 32.2. The summed E-state index contributed by atoms with van der Waals surface area (Å²) in [7, 11) is 0. The Hall–Kier alpha value is -4.35. The molecule has 0 unspecified atom stereocenters. The Labute approximate surface area is 227 Å². The summed E-state index contributed by atoms with van der Waals surface area (Å²) in [5.74, 6) is -0.0240. The summed E-state index contributed by atoms with van der Waals surface area (Å²) in [4.78, 5) is 21.0. The number of aliphatic imine (C=N–C) groups is 1. The fraction of sp³-hybridized carbons (Fsp3) is 0.0909. The molecule has 2 heterocycles. The van der Waals surface area contributed by atoms with Crippen LogP contribution in [0.4, 0.5) is 5.69 Å². The van der Waals surface area contributed by atoms with Crippen LogP contribution in [0.2, 0.25) is 0 Å². The molecule has 0 N–H and O–H groups in total. The zero-order valence-electron chi connectivity index (χ0n) is 21.1. The molecule has 1 aliphatic rings. The van der Waals surface area contributed by atoms with E-state index in [1.807, 2.05) is 66.7 Å². The maximum Gasteiger partial charge on any atom is 0.267 e. The van der Waals surface area contributed by atoms with Gasteiger partial charge in [-0.2, -0.15) is 0 Å². The van der Waals surface area contributed by atoms with Gasteiger partial charge in [-0.05, 0) is 54.1 Å². The van der Waals surface area contributed by atoms with Gasteiger partial charge in [0.2, 0.25) is 0 Å². The monoisotopic (exact) mass is 513 g/mol. The Morgan fingerprint density at radius 2 is 1.50 bits per heavy atom. The Balaban J connectivity index is 1.38. The lowest BCUT2D eigenvalue weighted by Gasteiger charge is -2.15. The molecule has 5 aromatic rings. The van der Waals surface area contributed by atoms with Gasteiger partial charge < -0.3 is 4.57 Å². The van der Waals surface area contributed by atoms with Crippen LogP contribution in [-0.4, -0.2) is 20.5 Å². The van der Waals surface area contributed by atoms with Gasteiger partial charge in [-0.3, -0.25) is 9.69 Å². The van der Waals surface area contributed by atoms with Crippen LogP contribution < -0.4 is 0 Å². The second kappa shape index (κ2) is 10.6. The second-order valence-electron chi connectivity index (χ2n) is 9.44. The maximum absolute atomic E-state index is 13.7. The number of para-hydroxylation sites is 2. The molecular formula is C33H27N3OS. The molecule has 4 aromatic carbocycles. The van der Waals surface area contributed by atoms with E-state index in [2.05, 4.69) is 66.2 Å². The Kier molecular flexibility index (Phi) is 6.67. The quantitative estimate of drug-likeness (QED) is 0.217. The van der Waals surface area contributed by atoms with E-state index in [0.29, 0.717) is 16.6 Å². The first-order valence-corrected chi connectivity index (χ1v) is 13.5. The van der Waals surface area contributed by atoms with E-state index >= 15 is 0 Å². The van der Waals surface area contributed by atoms with Gasteiger partial charge in [0.1, 0.15) is 0 Å². The van der Waals surface area contributed by atoms with E-state index in [1.54, 1.807) is 4.90 Å². The van der Waals surface area contributed by atoms with Gasteiger partial charge >= 0.3 is 0 Å². The predicted octanol–water partition coefficient (Wildman–Crippen LogP) is 7.80. The third kappa shape index (κ3) is 5.06. The largest absolute Gasteiger partial charge is 0.342 e. The number of rotatable bonds is 6. The summed E-state index contributed by atoms with van der Waals surface area (Å²) < 4.78 is 2.27. The van der Waals surface area contributed by atoms with E-state index in [1.165, 1.54) is 22.9 Å². The lowest BCUT2D eigenvalue weighted by atomic mass is 10.1. The molecule has 0 spiro atoms. The molecule has 1 amide bonds. The molecule has 4 nitrogen and oxygen atoms in total. The van der Waals surface area contributed by atoms with Crippen LogP contribution in [0, 0.1) is 6.92 Å². The zero-order chi connectivity index (χ0) is 25.9. The normalized spacial score (nSPS) is 15.7. The molecule has 1 aliphatic heterocycles. The number of hydrogen-bond acceptors (Lipinski definition) is 3. The topological polar surface area (TPSA) is 37.6 Å². The molecule has 0 radical (unpaired) electrons. The number of fused-ring (bicyclic) bond motifs is 1. The maximum atomic E-state index is 13.7. The molecule has 5 heteroatoms. The Morgan fingerprint density at radius 3 is 2.29 bits per heavy atom. The highest BCUT2D eigenvalue weighted by Gasteiger charge is 2.33. The van der Waals surface area contributed by atoms with Gasteiger partial charge in [-0.1, -0.05) is 96.6 Å². The molecule has 1 saturated heterocycles. The third-order valence-corrected chi connectivity index (χ3v) is 7.60. The number of carbonyl (C=O) groups is 1. The number of benzene rings is 4. The number of aryl methyl sites for hydroxylation is 1. The molecule has 1 fully saturated rings. The minimum absolute atomic E-state index is 0.0240. The molecule has 38 heavy (non-hydrogen) atoms. The summed E-state index contributed by atoms with van der Waals surface area (Å²) in [5.41, 5.74) is 6.58. The summed E-state index contributed by atoms with van der Waals surface area (Å²) in [6.07, 6.45) is 4.18. The molecular weight excluding hydrogens is 486 g/mol. The second-order valence-corrected chi connectivity index (χ2v) is 10.4. The highest BCUT2D eigenvalue weighted by molar-refractivity contribution is 8.18. The average molecular weight is 514 g/mol. The summed E-state index contributed by atoms with van der Waals surface area (Å²) in [6, 6.07) is 36.8. The number of nitrogens with zero attached hydrogens (tertiary/aromatic N) is 3. The van der Waals surface area contributed by atoms with Gasteiger partial charge in [-0.15, -0.1) is 0 Å². The fourth-order valence-electron chi connectivity index (χ4n) is 4.78. The number of carbonyl (C=O) groups excluding carboxylic acids is 1. The molecule has 0 bridgehead atoms. The van der Waals surface area contributed by atoms with Crippen LogP contribution in [0.1, 0.15) is 22.3 Å². The van der Waals surface area contributed by atoms with E-state index in [4.69, 9.17) is 4.99 Å². The average Bonchev–Trinajstić information content (AvgIpc) is 3.42. The van der Waals surface area contributed by atoms with Gasteiger partial charge in [-0.25, -0.2) is 4.99 Å². The van der Waals surface area contributed by atoms with Gasteiger partial charge in [0.25, 0.3) is 5.91 Å². The summed E-state index contributed by atoms with van der Waals surface area (Å²) >= 11 is 1.44. The molecule has 1 aromatic heterocycles. The standard InChI is InChI=1S/C33H27N3OS/c1-24-11-10-14-26(19-24)21-35-23-27(29-17-8-9-18-30(29)35)20-31-32(37)36(22-25-12-4-2-5-13-25)33(38-31)34-28-15-6-3-7-16-28/h2-20,23H,21-22H2,1H3/b31-20-,34-33?. The lowest BCUT2D eigenvalue weighted by molar-refractivity contribution is -0.122. The van der Waals surface area contributed by atoms with E-state index < -0.39 is 0 Å². The summed E-state index contributed by atoms with van der Waals surface area (Å²) in [6.45, 7) is 3.37. The van der Waals surface area contributed by atoms with Crippen molar-refractivity contribution in [1.29, 1.82) is 0 Å². The van der Waals surface area contributed by atoms with E-state index in [0.717, 1.165) is 34.3 Å². The first kappa shape index (κ1) is 24.0. The van der Waals surface area contributed by atoms with Crippen molar-refractivity contribution < 1.29 is 4.79 Å². The van der Waals surface area contributed by atoms with Crippen LogP contribution in [-0.2, 0) is 17.9 Å². The Bertz CT molecular complexity index is 1670. The van der Waals surface area contributed by atoms with Crippen molar-refractivity contribution in [3.8, 4) is 0 Å². The first-order chi connectivity index (χ1) is 18.6. The van der Waals surface area contributed by atoms with Crippen molar-refractivity contribution in [1.82, 2.24) is 9.47 Å². The first-order valence-electron chi connectivity index (χ1n) is 12.7. The smallest absolute Gasteiger partial charge is 0.267 e. The number of thioether (sulfide) groups is 1. The van der Waals surface area contributed by atoms with Crippen LogP contribution in [0.3, 0.4) is 0 Å². The number of amides is 1. The molecule has 0 aliphatic carbocycles. The van der Waals surface area contributed by atoms with Crippen molar-refractivity contribution in [2.24, 2.45) is 4.99 Å². The van der Waals surface area contributed by atoms with Gasteiger partial charge in [0, 0.05) is 29.2 Å². The Morgan fingerprint density at radius 1 is 0.789 bits per heavy atom. The zero-order valence-corrected chi connectivity index (χ0v) is 21.9. The minimum atomic E-state index is -0.0240. The fourth-order valence-corrected chi connectivity index (χ4v) is 5.77. The van der Waals surface area contributed by atoms with Crippen LogP contribution >= 0.6 is 11.8 Å². The van der Waals surface area contributed by atoms with Crippen molar-refractivity contribution >= 4 is 45.5 Å². The van der Waals surface area contributed by atoms with Crippen LogP contribution in [0.5, 0.6) is 0 Å². The van der Waals surface area contributed by atoms with E-state index in [9.17, 15) is 4.79 Å². The number of amidine groups is 1. The van der Waals surface area contributed by atoms with Gasteiger partial charge in [0.05, 0.1) is 17.1 Å². The number of hydrogen-bond donors (Lipinski definition) is 0. The van der Waals surface area contributed by atoms with Crippen molar-refractivity contribution in [2.75, 3.05) is 0 Å². The highest BCUT2D eigenvalue weighted by Crippen LogP contribution is 2.36. The molecule has 186 valence electrons. The van der Waals surface area contributed by atoms with Crippen molar-refractivity contribution in [3.63, 3.8) is 0 Å². The van der Waals surface area contributed by atoms with Crippen LogP contribution in [0.25, 0.3) is 17.0 Å². The van der Waals surface area contributed by atoms with E-state index in [-0.39, 0.29) is 5.91 Å². The molecule has 0 saturated carbocycles. The van der Waals surface area contributed by atoms with Crippen LogP contribution in [0.15, 0.2) is 125 Å². The number of aromatic nitrogens is 1. The lowest BCUT2D eigenvalue weighted by Crippen LogP contribution is -2.28. The molecule has 6 rings (SSSR count).